The number of rotatable bonds is 8. The number of esters is 1. The molecule has 1 aliphatic heterocycles. The van der Waals surface area contributed by atoms with Gasteiger partial charge in [-0.1, -0.05) is 17.7 Å². The molecule has 0 saturated carbocycles. The Labute approximate surface area is 192 Å². The molecule has 3 rings (SSSR count). The van der Waals surface area contributed by atoms with Crippen molar-refractivity contribution in [2.45, 2.75) is 26.8 Å². The molecule has 1 fully saturated rings. The lowest BCUT2D eigenvalue weighted by atomic mass is 10.0. The molecule has 0 radical (unpaired) electrons. The van der Waals surface area contributed by atoms with Crippen molar-refractivity contribution >= 4 is 40.9 Å². The third-order valence-corrected chi connectivity index (χ3v) is 5.33. The first-order valence-electron chi connectivity index (χ1n) is 9.87. The van der Waals surface area contributed by atoms with Crippen LogP contribution in [0.25, 0.3) is 11.0 Å². The maximum Gasteiger partial charge on any atom is 0.341 e. The van der Waals surface area contributed by atoms with Crippen molar-refractivity contribution in [3.8, 4) is 5.75 Å². The fourth-order valence-electron chi connectivity index (χ4n) is 3.51. The second-order valence-corrected chi connectivity index (χ2v) is 7.51. The fourth-order valence-corrected chi connectivity index (χ4v) is 3.79. The van der Waals surface area contributed by atoms with Crippen molar-refractivity contribution in [1.82, 2.24) is 4.90 Å². The molecule has 1 aromatic heterocycles. The van der Waals surface area contributed by atoms with Gasteiger partial charge in [-0.3, -0.25) is 9.69 Å². The van der Waals surface area contributed by atoms with Gasteiger partial charge in [0.25, 0.3) is 0 Å². The molecule has 1 aromatic carbocycles. The van der Waals surface area contributed by atoms with E-state index in [4.69, 9.17) is 30.2 Å². The van der Waals surface area contributed by atoms with Crippen LogP contribution in [0.3, 0.4) is 0 Å². The van der Waals surface area contributed by atoms with Gasteiger partial charge in [-0.15, -0.1) is 19.0 Å². The summed E-state index contributed by atoms with van der Waals surface area (Å²) in [7, 11) is 0. The van der Waals surface area contributed by atoms with Gasteiger partial charge in [0.2, 0.25) is 0 Å². The number of hydrogen-bond acceptors (Lipinski definition) is 7. The lowest BCUT2D eigenvalue weighted by Gasteiger charge is -2.26. The van der Waals surface area contributed by atoms with E-state index in [2.05, 4.69) is 11.5 Å². The molecule has 2 heterocycles. The van der Waals surface area contributed by atoms with E-state index in [1.54, 1.807) is 12.1 Å². The van der Waals surface area contributed by atoms with Gasteiger partial charge < -0.3 is 18.6 Å². The first-order chi connectivity index (χ1) is 14.4. The first-order valence-corrected chi connectivity index (χ1v) is 10.2. The quantitative estimate of drug-likeness (QED) is 0.251. The van der Waals surface area contributed by atoms with Gasteiger partial charge in [0.1, 0.15) is 24.5 Å². The highest BCUT2D eigenvalue weighted by molar-refractivity contribution is 6.33. The molecule has 31 heavy (non-hydrogen) atoms. The summed E-state index contributed by atoms with van der Waals surface area (Å²) >= 11 is 6.53. The van der Waals surface area contributed by atoms with Crippen LogP contribution in [-0.2, 0) is 27.2 Å². The molecule has 0 bridgehead atoms. The third-order valence-electron chi connectivity index (χ3n) is 5.05. The van der Waals surface area contributed by atoms with E-state index in [1.165, 1.54) is 6.92 Å². The largest absolute Gasteiger partial charge is 0.488 e. The van der Waals surface area contributed by atoms with E-state index in [0.717, 1.165) is 24.0 Å². The van der Waals surface area contributed by atoms with Crippen LogP contribution in [0.1, 0.15) is 23.6 Å². The number of aryl methyl sites for hydroxylation is 1. The Balaban J connectivity index is 0.00000341. The van der Waals surface area contributed by atoms with Crippen LogP contribution in [-0.4, -0.2) is 50.4 Å². The number of halogens is 2. The number of carbonyl (C=O) groups is 1. The number of carbonyl (C=O) groups excluding carboxylic acids is 1. The maximum atomic E-state index is 12.8. The van der Waals surface area contributed by atoms with Gasteiger partial charge in [0.15, 0.2) is 0 Å². The number of nitrogens with zero attached hydrogens (tertiary/aromatic N) is 1. The fraction of sp³-hybridized carbons (Fsp3) is 0.455. The maximum absolute atomic E-state index is 12.8. The second kappa shape index (κ2) is 11.5. The molecule has 1 saturated heterocycles. The van der Waals surface area contributed by atoms with Gasteiger partial charge in [-0.25, -0.2) is 4.79 Å². The van der Waals surface area contributed by atoms with Crippen molar-refractivity contribution in [1.29, 1.82) is 0 Å². The summed E-state index contributed by atoms with van der Waals surface area (Å²) in [6.07, 6.45) is 2.10. The number of morpholine rings is 1. The van der Waals surface area contributed by atoms with Gasteiger partial charge in [-0.05, 0) is 25.0 Å². The van der Waals surface area contributed by atoms with Crippen LogP contribution in [0.5, 0.6) is 5.75 Å². The summed E-state index contributed by atoms with van der Waals surface area (Å²) in [6.45, 7) is 10.6. The van der Waals surface area contributed by atoms with E-state index >= 15 is 0 Å². The van der Waals surface area contributed by atoms with E-state index < -0.39 is 0 Å². The SMILES string of the molecule is C=CCc1c(OCCOC(C)=O)c(Cl)cc2c(C)c(CN3CCOCC3)c(=O)oc12.Cl. The average molecular weight is 472 g/mol. The Morgan fingerprint density at radius 1 is 1.29 bits per heavy atom. The van der Waals surface area contributed by atoms with Gasteiger partial charge in [0, 0.05) is 37.5 Å². The number of fused-ring (bicyclic) bond motifs is 1. The van der Waals surface area contributed by atoms with Crippen LogP contribution < -0.4 is 10.4 Å². The van der Waals surface area contributed by atoms with Gasteiger partial charge in [-0.2, -0.15) is 0 Å². The zero-order valence-electron chi connectivity index (χ0n) is 17.7. The number of allylic oxidation sites excluding steroid dienone is 1. The lowest BCUT2D eigenvalue weighted by Crippen LogP contribution is -2.37. The van der Waals surface area contributed by atoms with Crippen LogP contribution in [0.2, 0.25) is 5.02 Å². The van der Waals surface area contributed by atoms with E-state index in [9.17, 15) is 9.59 Å². The highest BCUT2D eigenvalue weighted by atomic mass is 35.5. The highest BCUT2D eigenvalue weighted by Crippen LogP contribution is 2.37. The molecule has 0 aliphatic carbocycles. The highest BCUT2D eigenvalue weighted by Gasteiger charge is 2.22. The second-order valence-electron chi connectivity index (χ2n) is 7.11. The predicted octanol–water partition coefficient (Wildman–Crippen LogP) is 3.68. The van der Waals surface area contributed by atoms with Gasteiger partial charge in [0.05, 0.1) is 23.8 Å². The van der Waals surface area contributed by atoms with Crippen LogP contribution in [0, 0.1) is 6.92 Å². The molecule has 0 unspecified atom stereocenters. The number of ether oxygens (including phenoxy) is 3. The molecule has 0 atom stereocenters. The summed E-state index contributed by atoms with van der Waals surface area (Å²) in [5, 5.41) is 1.17. The van der Waals surface area contributed by atoms with Crippen LogP contribution in [0.4, 0.5) is 0 Å². The minimum absolute atomic E-state index is 0. The first kappa shape index (κ1) is 25.2. The monoisotopic (exact) mass is 471 g/mol. The zero-order chi connectivity index (χ0) is 21.7. The predicted molar refractivity (Wildman–Crippen MR) is 122 cm³/mol. The average Bonchev–Trinajstić information content (AvgIpc) is 2.72. The molecule has 2 aromatic rings. The summed E-state index contributed by atoms with van der Waals surface area (Å²) in [5.74, 6) is 0.0173. The summed E-state index contributed by atoms with van der Waals surface area (Å²) in [4.78, 5) is 25.9. The molecule has 170 valence electrons. The summed E-state index contributed by atoms with van der Waals surface area (Å²) in [6, 6.07) is 1.76. The van der Waals surface area contributed by atoms with Crippen molar-refractivity contribution in [3.05, 3.63) is 50.9 Å². The normalized spacial score (nSPS) is 14.2. The molecule has 0 spiro atoms. The summed E-state index contributed by atoms with van der Waals surface area (Å²) in [5.41, 5.74) is 2.17. The molecule has 7 nitrogen and oxygen atoms in total. The Hall–Kier alpha value is -2.06. The number of hydrogen-bond donors (Lipinski definition) is 0. The molecular formula is C22H27Cl2NO6. The molecule has 9 heteroatoms. The third kappa shape index (κ3) is 6.01. The van der Waals surface area contributed by atoms with E-state index in [1.807, 2.05) is 6.92 Å². The Morgan fingerprint density at radius 3 is 2.65 bits per heavy atom. The van der Waals surface area contributed by atoms with Crippen molar-refractivity contribution in [2.75, 3.05) is 39.5 Å². The Kier molecular flexibility index (Phi) is 9.37. The smallest absolute Gasteiger partial charge is 0.341 e. The van der Waals surface area contributed by atoms with Crippen molar-refractivity contribution in [3.63, 3.8) is 0 Å². The van der Waals surface area contributed by atoms with Crippen LogP contribution in [0.15, 0.2) is 27.9 Å². The summed E-state index contributed by atoms with van der Waals surface area (Å²) < 4.78 is 21.8. The van der Waals surface area contributed by atoms with Gasteiger partial charge >= 0.3 is 11.6 Å². The minimum Gasteiger partial charge on any atom is -0.488 e. The van der Waals surface area contributed by atoms with E-state index in [0.29, 0.717) is 53.7 Å². The van der Waals surface area contributed by atoms with Crippen molar-refractivity contribution in [2.24, 2.45) is 0 Å². The van der Waals surface area contributed by atoms with Crippen LogP contribution >= 0.6 is 24.0 Å². The van der Waals surface area contributed by atoms with E-state index in [-0.39, 0.29) is 37.2 Å². The topological polar surface area (TPSA) is 78.2 Å². The Morgan fingerprint density at radius 2 is 2.00 bits per heavy atom. The Bertz CT molecular complexity index is 998. The molecular weight excluding hydrogens is 445 g/mol. The standard InChI is InChI=1S/C22H26ClNO6.ClH/c1-4-5-16-20-17(12-19(23)21(16)29-11-10-28-15(3)25)14(2)18(22(26)30-20)13-24-6-8-27-9-7-24;/h4,12H,1,5-11,13H2,2-3H3;1H. The molecule has 1 aliphatic rings. The molecule has 0 N–H and O–H groups in total. The minimum atomic E-state index is -0.385. The zero-order valence-corrected chi connectivity index (χ0v) is 19.3. The van der Waals surface area contributed by atoms with Crippen molar-refractivity contribution < 1.29 is 23.4 Å². The number of benzene rings is 1. The lowest BCUT2D eigenvalue weighted by molar-refractivity contribution is -0.141. The molecule has 0 amide bonds.